The molecule has 0 spiro atoms. The van der Waals surface area contributed by atoms with Gasteiger partial charge in [-0.05, 0) is 26.0 Å². The molecule has 1 aromatic rings. The van der Waals surface area contributed by atoms with Crippen LogP contribution in [0.2, 0.25) is 0 Å². The van der Waals surface area contributed by atoms with Crippen LogP contribution >= 0.6 is 0 Å². The van der Waals surface area contributed by atoms with Crippen molar-refractivity contribution < 1.29 is 24.0 Å². The first-order chi connectivity index (χ1) is 9.90. The maximum absolute atomic E-state index is 11.6. The van der Waals surface area contributed by atoms with Gasteiger partial charge in [0.2, 0.25) is 0 Å². The van der Waals surface area contributed by atoms with Crippen molar-refractivity contribution in [2.45, 2.75) is 19.9 Å². The number of hydrogen-bond donors (Lipinski definition) is 1. The number of nitrogens with one attached hydrogen (secondary N) is 1. The summed E-state index contributed by atoms with van der Waals surface area (Å²) in [6.45, 7) is 3.32. The predicted octanol–water partition coefficient (Wildman–Crippen LogP) is 1.74. The standard InChI is InChI=1S/C13H16N2O6/c1-4-21-13(17)9-5-6-10(11(7-9)15(18)19)14-8(2)12(16)20-3/h5-8,14H,4H2,1-3H3. The molecule has 1 N–H and O–H groups in total. The lowest BCUT2D eigenvalue weighted by atomic mass is 10.1. The number of methoxy groups -OCH3 is 1. The molecule has 0 aromatic heterocycles. The molecule has 0 heterocycles. The van der Waals surface area contributed by atoms with Gasteiger partial charge < -0.3 is 14.8 Å². The topological polar surface area (TPSA) is 108 Å². The van der Waals surface area contributed by atoms with Crippen LogP contribution in [0.15, 0.2) is 18.2 Å². The van der Waals surface area contributed by atoms with Crippen molar-refractivity contribution >= 4 is 23.3 Å². The SMILES string of the molecule is CCOC(=O)c1ccc(NC(C)C(=O)OC)c([N+](=O)[O-])c1. The minimum atomic E-state index is -0.762. The molecule has 1 aromatic carbocycles. The third kappa shape index (κ3) is 4.16. The Bertz CT molecular complexity index is 558. The van der Waals surface area contributed by atoms with Crippen LogP contribution in [0.5, 0.6) is 0 Å². The Hall–Kier alpha value is -2.64. The Balaban J connectivity index is 3.08. The van der Waals surface area contributed by atoms with Gasteiger partial charge in [-0.15, -0.1) is 0 Å². The quantitative estimate of drug-likeness (QED) is 0.484. The largest absolute Gasteiger partial charge is 0.467 e. The van der Waals surface area contributed by atoms with E-state index in [9.17, 15) is 19.7 Å². The number of carbonyl (C=O) groups excluding carboxylic acids is 2. The highest BCUT2D eigenvalue weighted by molar-refractivity contribution is 5.91. The van der Waals surface area contributed by atoms with E-state index in [2.05, 4.69) is 10.1 Å². The zero-order valence-electron chi connectivity index (χ0n) is 11.9. The van der Waals surface area contributed by atoms with Crippen LogP contribution in [0.1, 0.15) is 24.2 Å². The van der Waals surface area contributed by atoms with E-state index in [1.165, 1.54) is 26.2 Å². The summed E-state index contributed by atoms with van der Waals surface area (Å²) in [6.07, 6.45) is 0. The Kier molecular flexibility index (Phi) is 5.65. The lowest BCUT2D eigenvalue weighted by Crippen LogP contribution is -2.27. The van der Waals surface area contributed by atoms with E-state index in [0.717, 1.165) is 6.07 Å². The number of nitrogens with zero attached hydrogens (tertiary/aromatic N) is 1. The number of ether oxygens (including phenoxy) is 2. The number of esters is 2. The lowest BCUT2D eigenvalue weighted by molar-refractivity contribution is -0.384. The average Bonchev–Trinajstić information content (AvgIpc) is 2.46. The van der Waals surface area contributed by atoms with E-state index >= 15 is 0 Å². The molecule has 0 aliphatic heterocycles. The molecule has 8 nitrogen and oxygen atoms in total. The summed E-state index contributed by atoms with van der Waals surface area (Å²) in [4.78, 5) is 33.3. The van der Waals surface area contributed by atoms with Gasteiger partial charge in [0.15, 0.2) is 0 Å². The molecule has 21 heavy (non-hydrogen) atoms. The monoisotopic (exact) mass is 296 g/mol. The van der Waals surface area contributed by atoms with Gasteiger partial charge in [0.25, 0.3) is 5.69 Å². The van der Waals surface area contributed by atoms with E-state index in [0.29, 0.717) is 0 Å². The molecule has 8 heteroatoms. The Morgan fingerprint density at radius 2 is 2.10 bits per heavy atom. The number of nitro benzene ring substituents is 1. The summed E-state index contributed by atoms with van der Waals surface area (Å²) in [5.74, 6) is -1.20. The molecule has 0 amide bonds. The molecule has 0 saturated heterocycles. The van der Waals surface area contributed by atoms with Gasteiger partial charge in [0.1, 0.15) is 11.7 Å². The summed E-state index contributed by atoms with van der Waals surface area (Å²) in [6, 6.07) is 3.08. The van der Waals surface area contributed by atoms with Crippen molar-refractivity contribution in [3.05, 3.63) is 33.9 Å². The van der Waals surface area contributed by atoms with Gasteiger partial charge in [-0.1, -0.05) is 0 Å². The molecule has 0 radical (unpaired) electrons. The Morgan fingerprint density at radius 1 is 1.43 bits per heavy atom. The molecular weight excluding hydrogens is 280 g/mol. The number of benzene rings is 1. The summed E-state index contributed by atoms with van der Waals surface area (Å²) in [5.41, 5.74) is -0.137. The molecule has 0 aliphatic carbocycles. The molecule has 0 bridgehead atoms. The van der Waals surface area contributed by atoms with E-state index in [1.54, 1.807) is 6.92 Å². The number of anilines is 1. The second-order valence-electron chi connectivity index (χ2n) is 4.10. The Labute approximate surface area is 121 Å². The molecule has 0 aliphatic rings. The molecule has 1 atom stereocenters. The first-order valence-electron chi connectivity index (χ1n) is 6.20. The molecule has 0 fully saturated rings. The molecule has 1 rings (SSSR count). The fraction of sp³-hybridized carbons (Fsp3) is 0.385. The van der Waals surface area contributed by atoms with Gasteiger partial charge in [0.05, 0.1) is 24.2 Å². The van der Waals surface area contributed by atoms with Crippen LogP contribution in [0.25, 0.3) is 0 Å². The van der Waals surface area contributed by atoms with E-state index in [4.69, 9.17) is 4.74 Å². The van der Waals surface area contributed by atoms with Gasteiger partial charge in [-0.2, -0.15) is 0 Å². The van der Waals surface area contributed by atoms with Crippen molar-refractivity contribution in [1.29, 1.82) is 0 Å². The average molecular weight is 296 g/mol. The van der Waals surface area contributed by atoms with Gasteiger partial charge in [-0.25, -0.2) is 9.59 Å². The minimum Gasteiger partial charge on any atom is -0.467 e. The van der Waals surface area contributed by atoms with Gasteiger partial charge in [-0.3, -0.25) is 10.1 Å². The third-order valence-electron chi connectivity index (χ3n) is 2.63. The third-order valence-corrected chi connectivity index (χ3v) is 2.63. The highest BCUT2D eigenvalue weighted by Crippen LogP contribution is 2.26. The normalized spacial score (nSPS) is 11.4. The second kappa shape index (κ2) is 7.22. The smallest absolute Gasteiger partial charge is 0.338 e. The van der Waals surface area contributed by atoms with Crippen LogP contribution in [0.4, 0.5) is 11.4 Å². The van der Waals surface area contributed by atoms with Crippen LogP contribution in [0.3, 0.4) is 0 Å². The molecule has 1 unspecified atom stereocenters. The number of nitro groups is 1. The highest BCUT2D eigenvalue weighted by atomic mass is 16.6. The number of hydrogen-bond acceptors (Lipinski definition) is 7. The minimum absolute atomic E-state index is 0.0693. The first kappa shape index (κ1) is 16.4. The van der Waals surface area contributed by atoms with E-state index in [-0.39, 0.29) is 23.5 Å². The highest BCUT2D eigenvalue weighted by Gasteiger charge is 2.21. The predicted molar refractivity (Wildman–Crippen MR) is 74.2 cm³/mol. The summed E-state index contributed by atoms with van der Waals surface area (Å²) in [7, 11) is 1.22. The number of rotatable bonds is 6. The van der Waals surface area contributed by atoms with E-state index < -0.39 is 22.9 Å². The van der Waals surface area contributed by atoms with Crippen molar-refractivity contribution in [2.24, 2.45) is 0 Å². The van der Waals surface area contributed by atoms with Gasteiger partial charge in [0, 0.05) is 6.07 Å². The van der Waals surface area contributed by atoms with E-state index in [1.807, 2.05) is 0 Å². The van der Waals surface area contributed by atoms with Crippen molar-refractivity contribution in [1.82, 2.24) is 0 Å². The summed E-state index contributed by atoms with van der Waals surface area (Å²) < 4.78 is 9.32. The van der Waals surface area contributed by atoms with Gasteiger partial charge >= 0.3 is 11.9 Å². The maximum atomic E-state index is 11.6. The number of carbonyl (C=O) groups is 2. The zero-order chi connectivity index (χ0) is 16.0. The molecule has 114 valence electrons. The van der Waals surface area contributed by atoms with Crippen LogP contribution in [-0.4, -0.2) is 36.6 Å². The first-order valence-corrected chi connectivity index (χ1v) is 6.20. The fourth-order valence-corrected chi connectivity index (χ4v) is 1.62. The summed E-state index contributed by atoms with van der Waals surface area (Å²) >= 11 is 0. The molecule has 0 saturated carbocycles. The lowest BCUT2D eigenvalue weighted by Gasteiger charge is -2.13. The van der Waals surface area contributed by atoms with Crippen molar-refractivity contribution in [3.8, 4) is 0 Å². The van der Waals surface area contributed by atoms with Crippen LogP contribution in [-0.2, 0) is 14.3 Å². The van der Waals surface area contributed by atoms with Crippen LogP contribution < -0.4 is 5.32 Å². The second-order valence-corrected chi connectivity index (χ2v) is 4.10. The zero-order valence-corrected chi connectivity index (χ0v) is 11.9. The Morgan fingerprint density at radius 3 is 2.62 bits per heavy atom. The maximum Gasteiger partial charge on any atom is 0.338 e. The molecular formula is C13H16N2O6. The fourth-order valence-electron chi connectivity index (χ4n) is 1.62. The van der Waals surface area contributed by atoms with Crippen LogP contribution in [0, 0.1) is 10.1 Å². The van der Waals surface area contributed by atoms with Crippen molar-refractivity contribution in [3.63, 3.8) is 0 Å². The van der Waals surface area contributed by atoms with Crippen molar-refractivity contribution in [2.75, 3.05) is 19.0 Å². The summed E-state index contributed by atoms with van der Waals surface area (Å²) in [5, 5.41) is 13.7.